The van der Waals surface area contributed by atoms with Crippen molar-refractivity contribution in [1.29, 1.82) is 0 Å². The van der Waals surface area contributed by atoms with E-state index >= 15 is 0 Å². The van der Waals surface area contributed by atoms with Crippen molar-refractivity contribution in [3.63, 3.8) is 0 Å². The van der Waals surface area contributed by atoms with Gasteiger partial charge >= 0.3 is 0 Å². The van der Waals surface area contributed by atoms with Crippen LogP contribution in [-0.4, -0.2) is 25.6 Å². The van der Waals surface area contributed by atoms with Crippen LogP contribution < -0.4 is 21.5 Å². The number of hydrogen-bond donors (Lipinski definition) is 3. The summed E-state index contributed by atoms with van der Waals surface area (Å²) in [7, 11) is 1.57. The normalized spacial score (nSPS) is 11.9. The first-order valence-corrected chi connectivity index (χ1v) is 5.46. The summed E-state index contributed by atoms with van der Waals surface area (Å²) in [5.74, 6) is 0.140. The van der Waals surface area contributed by atoms with E-state index in [0.29, 0.717) is 5.75 Å². The molecule has 16 heavy (non-hydrogen) atoms. The Kier molecular flexibility index (Phi) is 4.57. The number of benzene rings is 1. The van der Waals surface area contributed by atoms with Crippen LogP contribution in [0.5, 0.6) is 5.75 Å². The van der Waals surface area contributed by atoms with Crippen molar-refractivity contribution >= 4 is 27.5 Å². The van der Waals surface area contributed by atoms with Gasteiger partial charge in [0.2, 0.25) is 5.91 Å². The van der Waals surface area contributed by atoms with Crippen molar-refractivity contribution in [3.8, 4) is 5.75 Å². The zero-order chi connectivity index (χ0) is 12.1. The molecule has 0 bridgehead atoms. The predicted octanol–water partition coefficient (Wildman–Crippen LogP) is 0.682. The van der Waals surface area contributed by atoms with Crippen molar-refractivity contribution in [2.75, 3.05) is 19.0 Å². The van der Waals surface area contributed by atoms with Crippen LogP contribution >= 0.6 is 15.9 Å². The number of ether oxygens (including phenoxy) is 1. The molecular formula is C10H14BrN3O2. The summed E-state index contributed by atoms with van der Waals surface area (Å²) in [5.41, 5.74) is 11.3. The van der Waals surface area contributed by atoms with Crippen LogP contribution in [0.1, 0.15) is 0 Å². The van der Waals surface area contributed by atoms with Crippen LogP contribution in [-0.2, 0) is 4.79 Å². The maximum atomic E-state index is 10.8. The SMILES string of the molecule is COc1ccc(Br)cc1NCC(N)C(N)=O. The minimum Gasteiger partial charge on any atom is -0.495 e. The smallest absolute Gasteiger partial charge is 0.236 e. The van der Waals surface area contributed by atoms with E-state index in [1.807, 2.05) is 18.2 Å². The van der Waals surface area contributed by atoms with Crippen molar-refractivity contribution < 1.29 is 9.53 Å². The summed E-state index contributed by atoms with van der Waals surface area (Å²) in [6.45, 7) is 0.266. The summed E-state index contributed by atoms with van der Waals surface area (Å²) in [5, 5.41) is 3.01. The van der Waals surface area contributed by atoms with Gasteiger partial charge in [0, 0.05) is 11.0 Å². The Morgan fingerprint density at radius 3 is 2.88 bits per heavy atom. The first-order chi connectivity index (χ1) is 7.54. The summed E-state index contributed by atoms with van der Waals surface area (Å²) < 4.78 is 6.06. The lowest BCUT2D eigenvalue weighted by molar-refractivity contribution is -0.118. The first-order valence-electron chi connectivity index (χ1n) is 4.67. The molecule has 0 heterocycles. The first kappa shape index (κ1) is 12.8. The van der Waals surface area contributed by atoms with Crippen LogP contribution in [0.2, 0.25) is 0 Å². The lowest BCUT2D eigenvalue weighted by atomic mass is 10.2. The second kappa shape index (κ2) is 5.72. The summed E-state index contributed by atoms with van der Waals surface area (Å²) in [6.07, 6.45) is 0. The number of amides is 1. The molecule has 5 N–H and O–H groups in total. The van der Waals surface area contributed by atoms with Crippen LogP contribution in [0.4, 0.5) is 5.69 Å². The van der Waals surface area contributed by atoms with Crippen LogP contribution in [0.15, 0.2) is 22.7 Å². The number of anilines is 1. The zero-order valence-electron chi connectivity index (χ0n) is 8.87. The monoisotopic (exact) mass is 287 g/mol. The third-order valence-corrected chi connectivity index (χ3v) is 2.53. The number of nitrogens with two attached hydrogens (primary N) is 2. The van der Waals surface area contributed by atoms with Gasteiger partial charge in [0.15, 0.2) is 0 Å². The Morgan fingerprint density at radius 2 is 2.31 bits per heavy atom. The van der Waals surface area contributed by atoms with E-state index in [4.69, 9.17) is 16.2 Å². The lowest BCUT2D eigenvalue weighted by Gasteiger charge is -2.13. The van der Waals surface area contributed by atoms with Crippen molar-refractivity contribution in [2.24, 2.45) is 11.5 Å². The van der Waals surface area contributed by atoms with E-state index in [2.05, 4.69) is 21.2 Å². The van der Waals surface area contributed by atoms with Gasteiger partial charge in [-0.3, -0.25) is 4.79 Å². The number of methoxy groups -OCH3 is 1. The fourth-order valence-corrected chi connectivity index (χ4v) is 1.50. The number of carbonyl (C=O) groups is 1. The molecule has 1 aromatic rings. The number of rotatable bonds is 5. The van der Waals surface area contributed by atoms with Crippen molar-refractivity contribution in [3.05, 3.63) is 22.7 Å². The topological polar surface area (TPSA) is 90.4 Å². The van der Waals surface area contributed by atoms with E-state index in [1.54, 1.807) is 7.11 Å². The standard InChI is InChI=1S/C10H14BrN3O2/c1-16-9-3-2-6(11)4-8(9)14-5-7(12)10(13)15/h2-4,7,14H,5,12H2,1H3,(H2,13,15). The molecular weight excluding hydrogens is 274 g/mol. The van der Waals surface area contributed by atoms with Crippen LogP contribution in [0.3, 0.4) is 0 Å². The summed E-state index contributed by atoms with van der Waals surface area (Å²) in [4.78, 5) is 10.8. The predicted molar refractivity (Wildman–Crippen MR) is 66.4 cm³/mol. The minimum atomic E-state index is -0.719. The molecule has 0 aromatic heterocycles. The number of hydrogen-bond acceptors (Lipinski definition) is 4. The van der Waals surface area contributed by atoms with Gasteiger partial charge in [-0.15, -0.1) is 0 Å². The number of carbonyl (C=O) groups excluding carboxylic acids is 1. The van der Waals surface area contributed by atoms with Gasteiger partial charge in [-0.05, 0) is 18.2 Å². The van der Waals surface area contributed by atoms with Gasteiger partial charge in [-0.2, -0.15) is 0 Å². The third-order valence-electron chi connectivity index (χ3n) is 2.04. The molecule has 1 aromatic carbocycles. The summed E-state index contributed by atoms with van der Waals surface area (Å²) >= 11 is 3.34. The zero-order valence-corrected chi connectivity index (χ0v) is 10.5. The average molecular weight is 288 g/mol. The van der Waals surface area contributed by atoms with Crippen LogP contribution in [0, 0.1) is 0 Å². The molecule has 88 valence electrons. The van der Waals surface area contributed by atoms with Gasteiger partial charge in [0.1, 0.15) is 11.8 Å². The Labute approximate surface area is 102 Å². The van der Waals surface area contributed by atoms with E-state index in [0.717, 1.165) is 10.2 Å². The van der Waals surface area contributed by atoms with Crippen molar-refractivity contribution in [2.45, 2.75) is 6.04 Å². The molecule has 0 aliphatic carbocycles. The van der Waals surface area contributed by atoms with Crippen molar-refractivity contribution in [1.82, 2.24) is 0 Å². The molecule has 1 atom stereocenters. The average Bonchev–Trinajstić information content (AvgIpc) is 2.25. The third kappa shape index (κ3) is 3.39. The molecule has 0 spiro atoms. The van der Waals surface area contributed by atoms with E-state index < -0.39 is 11.9 Å². The molecule has 0 saturated heterocycles. The molecule has 0 fully saturated rings. The Bertz CT molecular complexity index is 384. The molecule has 1 unspecified atom stereocenters. The largest absolute Gasteiger partial charge is 0.495 e. The fraction of sp³-hybridized carbons (Fsp3) is 0.300. The van der Waals surface area contributed by atoms with Gasteiger partial charge in [-0.25, -0.2) is 0 Å². The number of primary amides is 1. The second-order valence-corrected chi connectivity index (χ2v) is 4.15. The highest BCUT2D eigenvalue weighted by atomic mass is 79.9. The molecule has 6 heteroatoms. The molecule has 1 amide bonds. The van der Waals surface area contributed by atoms with Gasteiger partial charge in [0.05, 0.1) is 12.8 Å². The van der Waals surface area contributed by atoms with E-state index in [9.17, 15) is 4.79 Å². The molecule has 5 nitrogen and oxygen atoms in total. The van der Waals surface area contributed by atoms with E-state index in [-0.39, 0.29) is 6.54 Å². The maximum Gasteiger partial charge on any atom is 0.236 e. The minimum absolute atomic E-state index is 0.266. The van der Waals surface area contributed by atoms with Gasteiger partial charge in [0.25, 0.3) is 0 Å². The van der Waals surface area contributed by atoms with Crippen LogP contribution in [0.25, 0.3) is 0 Å². The molecule has 0 aliphatic rings. The Morgan fingerprint density at radius 1 is 1.62 bits per heavy atom. The molecule has 0 radical (unpaired) electrons. The quantitative estimate of drug-likeness (QED) is 0.743. The Hall–Kier alpha value is -1.27. The highest BCUT2D eigenvalue weighted by Gasteiger charge is 2.10. The molecule has 0 aliphatic heterocycles. The summed E-state index contributed by atoms with van der Waals surface area (Å²) in [6, 6.07) is 4.79. The van der Waals surface area contributed by atoms with Gasteiger partial charge < -0.3 is 21.5 Å². The fourth-order valence-electron chi connectivity index (χ4n) is 1.14. The van der Waals surface area contributed by atoms with Gasteiger partial charge in [-0.1, -0.05) is 15.9 Å². The maximum absolute atomic E-state index is 10.8. The number of halogens is 1. The van der Waals surface area contributed by atoms with E-state index in [1.165, 1.54) is 0 Å². The number of nitrogens with one attached hydrogen (secondary N) is 1. The lowest BCUT2D eigenvalue weighted by Crippen LogP contribution is -2.41. The highest BCUT2D eigenvalue weighted by Crippen LogP contribution is 2.27. The molecule has 1 rings (SSSR count). The Balaban J connectivity index is 2.72. The highest BCUT2D eigenvalue weighted by molar-refractivity contribution is 9.10. The second-order valence-electron chi connectivity index (χ2n) is 3.23. The molecule has 0 saturated carbocycles.